The van der Waals surface area contributed by atoms with Gasteiger partial charge in [0.2, 0.25) is 0 Å². The molecule has 2 aromatic carbocycles. The Kier molecular flexibility index (Phi) is 7.00. The number of aromatic nitrogens is 4. The van der Waals surface area contributed by atoms with E-state index in [4.69, 9.17) is 14.2 Å². The van der Waals surface area contributed by atoms with Crippen molar-refractivity contribution in [2.24, 2.45) is 0 Å². The first-order valence-corrected chi connectivity index (χ1v) is 13.5. The zero-order valence-electron chi connectivity index (χ0n) is 22.9. The smallest absolute Gasteiger partial charge is 0.339 e. The number of fused-ring (bicyclic) bond motifs is 2. The zero-order chi connectivity index (χ0) is 28.6. The van der Waals surface area contributed by atoms with Crippen LogP contribution in [0.2, 0.25) is 0 Å². The van der Waals surface area contributed by atoms with Crippen molar-refractivity contribution in [3.8, 4) is 17.0 Å². The number of rotatable bonds is 7. The highest BCUT2D eigenvalue weighted by Crippen LogP contribution is 2.49. The summed E-state index contributed by atoms with van der Waals surface area (Å²) in [5.74, 6) is -0.445. The van der Waals surface area contributed by atoms with Crippen LogP contribution in [0, 0.1) is 12.7 Å². The number of para-hydroxylation sites is 1. The van der Waals surface area contributed by atoms with Gasteiger partial charge >= 0.3 is 5.97 Å². The predicted octanol–water partition coefficient (Wildman–Crippen LogP) is 5.38. The number of carbonyl (C=O) groups is 1. The van der Waals surface area contributed by atoms with Crippen LogP contribution in [0.1, 0.15) is 46.7 Å². The summed E-state index contributed by atoms with van der Waals surface area (Å²) in [5.41, 5.74) is 5.23. The molecule has 2 aliphatic heterocycles. The Morgan fingerprint density at radius 3 is 2.93 bits per heavy atom. The van der Waals surface area contributed by atoms with E-state index in [2.05, 4.69) is 39.3 Å². The number of hydrogen-bond donors (Lipinski definition) is 1. The van der Waals surface area contributed by atoms with Gasteiger partial charge in [-0.3, -0.25) is 4.98 Å². The molecule has 4 aromatic rings. The molecule has 41 heavy (non-hydrogen) atoms. The molecule has 0 aliphatic carbocycles. The monoisotopic (exact) mass is 555 g/mol. The minimum Gasteiger partial charge on any atom is -0.486 e. The molecule has 0 radical (unpaired) electrons. The number of nitrogens with one attached hydrogen (secondary N) is 1. The first kappa shape index (κ1) is 26.6. The third-order valence-corrected chi connectivity index (χ3v) is 7.65. The lowest BCUT2D eigenvalue weighted by Crippen LogP contribution is -2.41. The molecule has 2 atom stereocenters. The number of benzene rings is 2. The van der Waals surface area contributed by atoms with Gasteiger partial charge in [0, 0.05) is 16.9 Å². The Hall–Kier alpha value is -4.57. The van der Waals surface area contributed by atoms with Gasteiger partial charge in [-0.05, 0) is 62.2 Å². The summed E-state index contributed by atoms with van der Waals surface area (Å²) in [6, 6.07) is 15.7. The number of ether oxygens (including phenoxy) is 3. The number of pyridine rings is 1. The summed E-state index contributed by atoms with van der Waals surface area (Å²) in [6.45, 7) is 9.20. The van der Waals surface area contributed by atoms with Crippen LogP contribution in [-0.4, -0.2) is 45.8 Å². The fraction of sp³-hybridized carbons (Fsp3) is 0.290. The molecule has 1 fully saturated rings. The quantitative estimate of drug-likeness (QED) is 0.304. The van der Waals surface area contributed by atoms with Crippen LogP contribution < -0.4 is 10.1 Å². The van der Waals surface area contributed by atoms with Gasteiger partial charge in [-0.15, -0.1) is 5.10 Å². The highest BCUT2D eigenvalue weighted by atomic mass is 19.1. The molecule has 0 amide bonds. The van der Waals surface area contributed by atoms with Crippen molar-refractivity contribution in [1.82, 2.24) is 20.0 Å². The zero-order valence-corrected chi connectivity index (χ0v) is 22.9. The SMILES string of the molecule is C=C1Nc2ccccc2C12COCC(n1cc(COc3ccc(F)cc3-c3ccc(C(=O)OCC)c(C)n3)nn1)C2. The van der Waals surface area contributed by atoms with Gasteiger partial charge in [0.25, 0.3) is 0 Å². The second-order valence-corrected chi connectivity index (χ2v) is 10.3. The molecule has 2 aliphatic rings. The minimum atomic E-state index is -0.449. The van der Waals surface area contributed by atoms with Gasteiger partial charge in [-0.25, -0.2) is 13.9 Å². The van der Waals surface area contributed by atoms with Gasteiger partial charge < -0.3 is 19.5 Å². The van der Waals surface area contributed by atoms with E-state index in [1.54, 1.807) is 32.0 Å². The van der Waals surface area contributed by atoms with E-state index in [0.717, 1.165) is 17.8 Å². The van der Waals surface area contributed by atoms with Crippen LogP contribution >= 0.6 is 0 Å². The van der Waals surface area contributed by atoms with E-state index in [1.165, 1.54) is 17.7 Å². The number of halogens is 1. The second-order valence-electron chi connectivity index (χ2n) is 10.3. The molecule has 1 spiro atoms. The van der Waals surface area contributed by atoms with Crippen molar-refractivity contribution in [2.45, 2.75) is 38.3 Å². The van der Waals surface area contributed by atoms with Crippen molar-refractivity contribution in [3.05, 3.63) is 101 Å². The first-order chi connectivity index (χ1) is 19.9. The lowest BCUT2D eigenvalue weighted by molar-refractivity contribution is 0.0125. The van der Waals surface area contributed by atoms with E-state index in [1.807, 2.05) is 23.0 Å². The average Bonchev–Trinajstić information content (AvgIpc) is 3.55. The summed E-state index contributed by atoms with van der Waals surface area (Å²) in [5, 5.41) is 12.1. The molecule has 1 N–H and O–H groups in total. The molecule has 210 valence electrons. The summed E-state index contributed by atoms with van der Waals surface area (Å²) in [4.78, 5) is 16.7. The van der Waals surface area contributed by atoms with Crippen LogP contribution in [0.25, 0.3) is 11.3 Å². The normalized spacial score (nSPS) is 19.6. The molecule has 0 bridgehead atoms. The number of carbonyl (C=O) groups excluding carboxylic acids is 1. The minimum absolute atomic E-state index is 0.0406. The lowest BCUT2D eigenvalue weighted by Gasteiger charge is -2.38. The Morgan fingerprint density at radius 1 is 1.24 bits per heavy atom. The van der Waals surface area contributed by atoms with Gasteiger partial charge in [0.15, 0.2) is 0 Å². The average molecular weight is 556 g/mol. The maximum absolute atomic E-state index is 14.3. The van der Waals surface area contributed by atoms with Gasteiger partial charge in [0.05, 0.1) is 54.4 Å². The van der Waals surface area contributed by atoms with Crippen molar-refractivity contribution < 1.29 is 23.4 Å². The predicted molar refractivity (Wildman–Crippen MR) is 150 cm³/mol. The van der Waals surface area contributed by atoms with E-state index < -0.39 is 11.8 Å². The molecular formula is C31H30FN5O4. The molecule has 6 rings (SSSR count). The Labute approximate surface area is 237 Å². The number of nitrogens with zero attached hydrogens (tertiary/aromatic N) is 4. The topological polar surface area (TPSA) is 100 Å². The third kappa shape index (κ3) is 4.95. The van der Waals surface area contributed by atoms with Crippen LogP contribution in [0.5, 0.6) is 5.75 Å². The Morgan fingerprint density at radius 2 is 2.10 bits per heavy atom. The van der Waals surface area contributed by atoms with Crippen LogP contribution in [0.15, 0.2) is 73.1 Å². The van der Waals surface area contributed by atoms with Gasteiger partial charge in [0.1, 0.15) is 23.9 Å². The summed E-state index contributed by atoms with van der Waals surface area (Å²) < 4.78 is 33.3. The van der Waals surface area contributed by atoms with Crippen molar-refractivity contribution in [3.63, 3.8) is 0 Å². The molecule has 9 nitrogen and oxygen atoms in total. The van der Waals surface area contributed by atoms with E-state index in [9.17, 15) is 9.18 Å². The van der Waals surface area contributed by atoms with Crippen LogP contribution in [0.4, 0.5) is 10.1 Å². The fourth-order valence-electron chi connectivity index (χ4n) is 5.58. The second kappa shape index (κ2) is 10.8. The summed E-state index contributed by atoms with van der Waals surface area (Å²) in [7, 11) is 0. The first-order valence-electron chi connectivity index (χ1n) is 13.5. The highest BCUT2D eigenvalue weighted by Gasteiger charge is 2.47. The highest BCUT2D eigenvalue weighted by molar-refractivity contribution is 5.91. The Bertz CT molecular complexity index is 1640. The van der Waals surface area contributed by atoms with Crippen molar-refractivity contribution in [2.75, 3.05) is 25.1 Å². The van der Waals surface area contributed by atoms with Crippen molar-refractivity contribution >= 4 is 11.7 Å². The molecule has 2 unspecified atom stereocenters. The molecule has 1 saturated heterocycles. The van der Waals surface area contributed by atoms with Gasteiger partial charge in [-0.1, -0.05) is 30.0 Å². The maximum Gasteiger partial charge on any atom is 0.339 e. The van der Waals surface area contributed by atoms with E-state index in [0.29, 0.717) is 47.2 Å². The third-order valence-electron chi connectivity index (χ3n) is 7.65. The van der Waals surface area contributed by atoms with Gasteiger partial charge in [-0.2, -0.15) is 0 Å². The summed E-state index contributed by atoms with van der Waals surface area (Å²) >= 11 is 0. The van der Waals surface area contributed by atoms with E-state index >= 15 is 0 Å². The molecule has 4 heterocycles. The lowest BCUT2D eigenvalue weighted by atomic mass is 9.74. The Balaban J connectivity index is 1.19. The van der Waals surface area contributed by atoms with Crippen LogP contribution in [0.3, 0.4) is 0 Å². The van der Waals surface area contributed by atoms with E-state index in [-0.39, 0.29) is 24.7 Å². The number of aryl methyl sites for hydroxylation is 1. The largest absolute Gasteiger partial charge is 0.486 e. The van der Waals surface area contributed by atoms with Crippen molar-refractivity contribution in [1.29, 1.82) is 0 Å². The fourth-order valence-corrected chi connectivity index (χ4v) is 5.58. The summed E-state index contributed by atoms with van der Waals surface area (Å²) in [6.07, 6.45) is 2.62. The number of anilines is 1. The molecule has 10 heteroatoms. The standard InChI is InChI=1S/C31H30FN5O4/c1-4-40-30(38)24-10-11-27(33-19(24)2)25-13-21(32)9-12-29(25)41-16-22-15-37(36-35-22)23-14-31(18-39-17-23)20(3)34-28-8-6-5-7-26(28)31/h5-13,15,23,34H,3-4,14,16-18H2,1-2H3. The molecule has 2 aromatic heterocycles. The molecular weight excluding hydrogens is 525 g/mol. The molecule has 0 saturated carbocycles. The van der Waals surface area contributed by atoms with Crippen LogP contribution in [-0.2, 0) is 21.5 Å². The number of hydrogen-bond acceptors (Lipinski definition) is 8. The number of esters is 1. The maximum atomic E-state index is 14.3.